The van der Waals surface area contributed by atoms with Crippen LogP contribution in [0.1, 0.15) is 36.2 Å². The molecule has 0 aromatic carbocycles. The SMILES string of the molecule is Cc1nn(C)c(Cl)c1Cn1cc(CCCCC(=O)O)nn1. The third kappa shape index (κ3) is 4.04. The zero-order valence-corrected chi connectivity index (χ0v) is 12.8. The second kappa shape index (κ2) is 6.71. The molecule has 0 unspecified atom stereocenters. The Bertz CT molecular complexity index is 635. The Morgan fingerprint density at radius 1 is 1.43 bits per heavy atom. The summed E-state index contributed by atoms with van der Waals surface area (Å²) >= 11 is 6.19. The second-order valence-corrected chi connectivity index (χ2v) is 5.34. The maximum Gasteiger partial charge on any atom is 0.303 e. The molecule has 0 spiro atoms. The van der Waals surface area contributed by atoms with Gasteiger partial charge in [0.25, 0.3) is 0 Å². The fourth-order valence-corrected chi connectivity index (χ4v) is 2.36. The second-order valence-electron chi connectivity index (χ2n) is 4.99. The molecular weight excluding hydrogens is 294 g/mol. The van der Waals surface area contributed by atoms with E-state index in [1.54, 1.807) is 16.4 Å². The highest BCUT2D eigenvalue weighted by atomic mass is 35.5. The molecule has 1 N–H and O–H groups in total. The van der Waals surface area contributed by atoms with E-state index in [1.807, 2.05) is 13.1 Å². The van der Waals surface area contributed by atoms with E-state index >= 15 is 0 Å². The molecular formula is C13H18ClN5O2. The highest BCUT2D eigenvalue weighted by Gasteiger charge is 2.12. The summed E-state index contributed by atoms with van der Waals surface area (Å²) in [5, 5.41) is 21.6. The summed E-state index contributed by atoms with van der Waals surface area (Å²) < 4.78 is 3.36. The fraction of sp³-hybridized carbons (Fsp3) is 0.538. The molecule has 0 fully saturated rings. The van der Waals surface area contributed by atoms with Crippen molar-refractivity contribution in [1.29, 1.82) is 0 Å². The summed E-state index contributed by atoms with van der Waals surface area (Å²) in [5.74, 6) is -0.764. The molecule has 0 saturated carbocycles. The van der Waals surface area contributed by atoms with Crippen LogP contribution in [0.5, 0.6) is 0 Å². The van der Waals surface area contributed by atoms with Crippen LogP contribution in [-0.2, 0) is 24.8 Å². The molecule has 0 radical (unpaired) electrons. The Hall–Kier alpha value is -1.89. The van der Waals surface area contributed by atoms with Crippen LogP contribution >= 0.6 is 11.6 Å². The predicted octanol–water partition coefficient (Wildman–Crippen LogP) is 1.82. The number of rotatable bonds is 7. The van der Waals surface area contributed by atoms with Crippen LogP contribution in [0.4, 0.5) is 0 Å². The van der Waals surface area contributed by atoms with Crippen LogP contribution in [0.25, 0.3) is 0 Å². The largest absolute Gasteiger partial charge is 0.481 e. The summed E-state index contributed by atoms with van der Waals surface area (Å²) in [6, 6.07) is 0. The third-order valence-corrected chi connectivity index (χ3v) is 3.72. The molecule has 8 heteroatoms. The van der Waals surface area contributed by atoms with E-state index in [4.69, 9.17) is 16.7 Å². The number of halogens is 1. The Morgan fingerprint density at radius 2 is 2.19 bits per heavy atom. The number of carbonyl (C=O) groups is 1. The van der Waals surface area contributed by atoms with E-state index in [9.17, 15) is 4.79 Å². The fourth-order valence-electron chi connectivity index (χ4n) is 2.13. The van der Waals surface area contributed by atoms with Gasteiger partial charge in [-0.25, -0.2) is 4.68 Å². The van der Waals surface area contributed by atoms with Crippen LogP contribution in [0, 0.1) is 6.92 Å². The molecule has 0 amide bonds. The number of aromatic nitrogens is 5. The van der Waals surface area contributed by atoms with Crippen LogP contribution in [-0.4, -0.2) is 35.9 Å². The number of unbranched alkanes of at least 4 members (excludes halogenated alkanes) is 1. The van der Waals surface area contributed by atoms with E-state index in [-0.39, 0.29) is 6.42 Å². The topological polar surface area (TPSA) is 85.8 Å². The minimum Gasteiger partial charge on any atom is -0.481 e. The molecule has 0 aliphatic carbocycles. The van der Waals surface area contributed by atoms with Crippen molar-refractivity contribution in [2.75, 3.05) is 0 Å². The number of hydrogen-bond donors (Lipinski definition) is 1. The van der Waals surface area contributed by atoms with Gasteiger partial charge in [-0.15, -0.1) is 5.10 Å². The van der Waals surface area contributed by atoms with E-state index in [0.717, 1.165) is 29.8 Å². The summed E-state index contributed by atoms with van der Waals surface area (Å²) in [6.07, 6.45) is 4.22. The lowest BCUT2D eigenvalue weighted by Gasteiger charge is -2.00. The minimum absolute atomic E-state index is 0.193. The Labute approximate surface area is 127 Å². The van der Waals surface area contributed by atoms with Gasteiger partial charge in [-0.3, -0.25) is 9.48 Å². The molecule has 2 heterocycles. The van der Waals surface area contributed by atoms with Crippen molar-refractivity contribution in [2.24, 2.45) is 7.05 Å². The Morgan fingerprint density at radius 3 is 2.81 bits per heavy atom. The predicted molar refractivity (Wildman–Crippen MR) is 77.3 cm³/mol. The van der Waals surface area contributed by atoms with E-state index < -0.39 is 5.97 Å². The van der Waals surface area contributed by atoms with Crippen molar-refractivity contribution < 1.29 is 9.90 Å². The Kier molecular flexibility index (Phi) is 4.95. The zero-order chi connectivity index (χ0) is 15.4. The summed E-state index contributed by atoms with van der Waals surface area (Å²) in [7, 11) is 1.80. The van der Waals surface area contributed by atoms with Crippen molar-refractivity contribution in [1.82, 2.24) is 24.8 Å². The molecule has 0 atom stereocenters. The van der Waals surface area contributed by atoms with Crippen molar-refractivity contribution >= 4 is 17.6 Å². The smallest absolute Gasteiger partial charge is 0.303 e. The van der Waals surface area contributed by atoms with Gasteiger partial charge in [-0.2, -0.15) is 5.10 Å². The number of carboxylic acid groups (broad SMARTS) is 1. The third-order valence-electron chi connectivity index (χ3n) is 3.25. The zero-order valence-electron chi connectivity index (χ0n) is 12.1. The van der Waals surface area contributed by atoms with Crippen LogP contribution in [0.3, 0.4) is 0 Å². The first-order valence-electron chi connectivity index (χ1n) is 6.76. The molecule has 0 aliphatic heterocycles. The van der Waals surface area contributed by atoms with Gasteiger partial charge in [0.05, 0.1) is 17.9 Å². The summed E-state index contributed by atoms with van der Waals surface area (Å²) in [6.45, 7) is 2.44. The minimum atomic E-state index is -0.764. The Balaban J connectivity index is 1.92. The van der Waals surface area contributed by atoms with Crippen LogP contribution in [0.15, 0.2) is 6.20 Å². The maximum absolute atomic E-state index is 10.4. The molecule has 0 saturated heterocycles. The van der Waals surface area contributed by atoms with Gasteiger partial charge in [-0.1, -0.05) is 16.8 Å². The summed E-state index contributed by atoms with van der Waals surface area (Å²) in [5.41, 5.74) is 2.67. The molecule has 2 aromatic heterocycles. The van der Waals surface area contributed by atoms with Crippen LogP contribution < -0.4 is 0 Å². The first-order chi connectivity index (χ1) is 9.97. The molecule has 0 aliphatic rings. The lowest BCUT2D eigenvalue weighted by Crippen LogP contribution is -2.01. The standard InChI is InChI=1S/C13H18ClN5O2/c1-9-11(13(14)18(2)16-9)8-19-7-10(15-17-19)5-3-4-6-12(20)21/h7H,3-6,8H2,1-2H3,(H,20,21). The van der Waals surface area contributed by atoms with Crippen molar-refractivity contribution in [3.8, 4) is 0 Å². The average molecular weight is 312 g/mol. The molecule has 7 nitrogen and oxygen atoms in total. The quantitative estimate of drug-likeness (QED) is 0.788. The number of nitrogens with zero attached hydrogens (tertiary/aromatic N) is 5. The van der Waals surface area contributed by atoms with Gasteiger partial charge >= 0.3 is 5.97 Å². The lowest BCUT2D eigenvalue weighted by molar-refractivity contribution is -0.137. The van der Waals surface area contributed by atoms with Gasteiger partial charge in [0.1, 0.15) is 5.15 Å². The van der Waals surface area contributed by atoms with Gasteiger partial charge in [0.15, 0.2) is 0 Å². The molecule has 114 valence electrons. The molecule has 21 heavy (non-hydrogen) atoms. The number of aryl methyl sites for hydroxylation is 3. The molecule has 0 bridgehead atoms. The van der Waals surface area contributed by atoms with Gasteiger partial charge in [-0.05, 0) is 26.2 Å². The van der Waals surface area contributed by atoms with Crippen LogP contribution in [0.2, 0.25) is 5.15 Å². The van der Waals surface area contributed by atoms with Crippen molar-refractivity contribution in [3.05, 3.63) is 28.3 Å². The van der Waals surface area contributed by atoms with Gasteiger partial charge < -0.3 is 5.11 Å². The maximum atomic E-state index is 10.4. The van der Waals surface area contributed by atoms with Gasteiger partial charge in [0, 0.05) is 25.2 Å². The number of carboxylic acids is 1. The first-order valence-corrected chi connectivity index (χ1v) is 7.14. The highest BCUT2D eigenvalue weighted by molar-refractivity contribution is 6.30. The van der Waals surface area contributed by atoms with E-state index in [0.29, 0.717) is 18.1 Å². The van der Waals surface area contributed by atoms with Gasteiger partial charge in [0.2, 0.25) is 0 Å². The van der Waals surface area contributed by atoms with Crippen molar-refractivity contribution in [3.63, 3.8) is 0 Å². The van der Waals surface area contributed by atoms with E-state index in [1.165, 1.54) is 0 Å². The summed E-state index contributed by atoms with van der Waals surface area (Å²) in [4.78, 5) is 10.4. The number of aliphatic carboxylic acids is 1. The lowest BCUT2D eigenvalue weighted by atomic mass is 10.1. The molecule has 2 rings (SSSR count). The normalized spacial score (nSPS) is 11.0. The van der Waals surface area contributed by atoms with E-state index in [2.05, 4.69) is 15.4 Å². The number of hydrogen-bond acceptors (Lipinski definition) is 4. The van der Waals surface area contributed by atoms with Crippen molar-refractivity contribution in [2.45, 2.75) is 39.2 Å². The first kappa shape index (κ1) is 15.5. The molecule has 2 aromatic rings. The monoisotopic (exact) mass is 311 g/mol. The highest BCUT2D eigenvalue weighted by Crippen LogP contribution is 2.19. The average Bonchev–Trinajstić information content (AvgIpc) is 2.95.